The van der Waals surface area contributed by atoms with Crippen molar-refractivity contribution >= 4 is 16.7 Å². The van der Waals surface area contributed by atoms with E-state index < -0.39 is 0 Å². The lowest BCUT2D eigenvalue weighted by Gasteiger charge is -2.23. The molecule has 3 rings (SSSR count). The molecule has 0 aliphatic rings. The topological polar surface area (TPSA) is 58.6 Å². The monoisotopic (exact) mass is 405 g/mol. The Morgan fingerprint density at radius 3 is 2.47 bits per heavy atom. The molecule has 0 unspecified atom stereocenters. The van der Waals surface area contributed by atoms with Gasteiger partial charge in [-0.25, -0.2) is 0 Å². The van der Waals surface area contributed by atoms with Crippen molar-refractivity contribution in [1.82, 2.24) is 5.32 Å². The van der Waals surface area contributed by atoms with E-state index in [2.05, 4.69) is 38.2 Å². The molecule has 3 aromatic rings. The van der Waals surface area contributed by atoms with Crippen molar-refractivity contribution in [2.45, 2.75) is 45.4 Å². The minimum atomic E-state index is -0.256. The first-order valence-corrected chi connectivity index (χ1v) is 10.6. The highest BCUT2D eigenvalue weighted by Gasteiger charge is 2.17. The fraction of sp³-hybridized carbons (Fsp3) is 0.346. The van der Waals surface area contributed by atoms with Gasteiger partial charge in [-0.2, -0.15) is 0 Å². The van der Waals surface area contributed by atoms with Gasteiger partial charge < -0.3 is 15.2 Å². The minimum absolute atomic E-state index is 0.0311. The van der Waals surface area contributed by atoms with Crippen molar-refractivity contribution in [3.8, 4) is 11.5 Å². The SMILES string of the molecule is CCC(C)(C)c1ccc(OCCCCNC(=O)c2ccc3ccccc3c2O)cc1. The molecule has 3 aromatic carbocycles. The van der Waals surface area contributed by atoms with Crippen LogP contribution >= 0.6 is 0 Å². The van der Waals surface area contributed by atoms with Crippen LogP contribution in [0.1, 0.15) is 56.0 Å². The largest absolute Gasteiger partial charge is 0.506 e. The molecule has 0 spiro atoms. The summed E-state index contributed by atoms with van der Waals surface area (Å²) in [5, 5.41) is 14.9. The summed E-state index contributed by atoms with van der Waals surface area (Å²) < 4.78 is 5.81. The molecule has 0 saturated heterocycles. The van der Waals surface area contributed by atoms with E-state index in [0.717, 1.165) is 30.4 Å². The molecule has 0 aromatic heterocycles. The van der Waals surface area contributed by atoms with Gasteiger partial charge in [0.15, 0.2) is 0 Å². The number of phenolic OH excluding ortho intramolecular Hbond substituents is 1. The van der Waals surface area contributed by atoms with Gasteiger partial charge >= 0.3 is 0 Å². The maximum atomic E-state index is 12.4. The zero-order valence-corrected chi connectivity index (χ0v) is 18.1. The number of hydrogen-bond donors (Lipinski definition) is 2. The van der Waals surface area contributed by atoms with E-state index in [0.29, 0.717) is 24.1 Å². The van der Waals surface area contributed by atoms with Gasteiger partial charge in [-0.05, 0) is 53.8 Å². The summed E-state index contributed by atoms with van der Waals surface area (Å²) in [6.45, 7) is 7.83. The smallest absolute Gasteiger partial charge is 0.255 e. The number of carbonyl (C=O) groups is 1. The Labute approximate surface area is 178 Å². The summed E-state index contributed by atoms with van der Waals surface area (Å²) in [6.07, 6.45) is 2.74. The normalized spacial score (nSPS) is 11.4. The molecule has 0 radical (unpaired) electrons. The number of unbranched alkanes of at least 4 members (excludes halogenated alkanes) is 1. The number of amides is 1. The molecule has 158 valence electrons. The zero-order valence-electron chi connectivity index (χ0n) is 18.1. The van der Waals surface area contributed by atoms with Crippen LogP contribution in [0, 0.1) is 0 Å². The van der Waals surface area contributed by atoms with Crippen molar-refractivity contribution in [2.75, 3.05) is 13.2 Å². The van der Waals surface area contributed by atoms with Gasteiger partial charge in [0.2, 0.25) is 0 Å². The number of hydrogen-bond acceptors (Lipinski definition) is 3. The van der Waals surface area contributed by atoms with Crippen LogP contribution in [0.3, 0.4) is 0 Å². The van der Waals surface area contributed by atoms with Gasteiger partial charge in [-0.15, -0.1) is 0 Å². The predicted molar refractivity (Wildman–Crippen MR) is 122 cm³/mol. The Kier molecular flexibility index (Phi) is 6.99. The summed E-state index contributed by atoms with van der Waals surface area (Å²) in [4.78, 5) is 12.4. The predicted octanol–water partition coefficient (Wildman–Crippen LogP) is 5.82. The van der Waals surface area contributed by atoms with Crippen LogP contribution in [0.15, 0.2) is 60.7 Å². The van der Waals surface area contributed by atoms with E-state index >= 15 is 0 Å². The lowest BCUT2D eigenvalue weighted by atomic mass is 9.82. The molecule has 1 amide bonds. The highest BCUT2D eigenvalue weighted by Crippen LogP contribution is 2.29. The molecule has 4 nitrogen and oxygen atoms in total. The van der Waals surface area contributed by atoms with Crippen LogP contribution in [0.4, 0.5) is 0 Å². The van der Waals surface area contributed by atoms with Gasteiger partial charge in [-0.1, -0.05) is 63.2 Å². The maximum absolute atomic E-state index is 12.4. The van der Waals surface area contributed by atoms with E-state index in [1.807, 2.05) is 42.5 Å². The Bertz CT molecular complexity index is 993. The summed E-state index contributed by atoms with van der Waals surface area (Å²) >= 11 is 0. The number of rotatable bonds is 9. The number of aromatic hydroxyl groups is 1. The van der Waals surface area contributed by atoms with Gasteiger partial charge in [0.25, 0.3) is 5.91 Å². The molecule has 0 saturated carbocycles. The summed E-state index contributed by atoms with van der Waals surface area (Å²) in [5.74, 6) is 0.646. The van der Waals surface area contributed by atoms with Crippen molar-refractivity contribution < 1.29 is 14.6 Å². The Morgan fingerprint density at radius 2 is 1.73 bits per heavy atom. The van der Waals surface area contributed by atoms with Crippen LogP contribution in [-0.2, 0) is 5.41 Å². The number of phenols is 1. The zero-order chi connectivity index (χ0) is 21.6. The van der Waals surface area contributed by atoms with Crippen molar-refractivity contribution in [2.24, 2.45) is 0 Å². The lowest BCUT2D eigenvalue weighted by molar-refractivity contribution is 0.0950. The molecule has 0 atom stereocenters. The molecule has 0 aliphatic heterocycles. The molecule has 30 heavy (non-hydrogen) atoms. The van der Waals surface area contributed by atoms with Crippen LogP contribution in [0.5, 0.6) is 11.5 Å². The molecule has 0 fully saturated rings. The molecule has 0 bridgehead atoms. The van der Waals surface area contributed by atoms with Crippen LogP contribution in [0.2, 0.25) is 0 Å². The first-order valence-electron chi connectivity index (χ1n) is 10.6. The summed E-state index contributed by atoms with van der Waals surface area (Å²) in [6, 6.07) is 19.3. The Balaban J connectivity index is 1.41. The van der Waals surface area contributed by atoms with Crippen molar-refractivity contribution in [1.29, 1.82) is 0 Å². The molecule has 2 N–H and O–H groups in total. The first kappa shape index (κ1) is 21.7. The fourth-order valence-electron chi connectivity index (χ4n) is 3.36. The molecule has 0 aliphatic carbocycles. The third-order valence-electron chi connectivity index (χ3n) is 5.79. The average molecular weight is 406 g/mol. The van der Waals surface area contributed by atoms with Crippen molar-refractivity contribution in [3.05, 3.63) is 71.8 Å². The third-order valence-corrected chi connectivity index (χ3v) is 5.79. The lowest BCUT2D eigenvalue weighted by Crippen LogP contribution is -2.24. The number of fused-ring (bicyclic) bond motifs is 1. The van der Waals surface area contributed by atoms with E-state index in [9.17, 15) is 9.90 Å². The second-order valence-corrected chi connectivity index (χ2v) is 8.26. The number of carbonyl (C=O) groups excluding carboxylic acids is 1. The second kappa shape index (κ2) is 9.66. The van der Waals surface area contributed by atoms with Gasteiger partial charge in [0, 0.05) is 11.9 Å². The number of ether oxygens (including phenoxy) is 1. The molecule has 0 heterocycles. The van der Waals surface area contributed by atoms with E-state index in [1.165, 1.54) is 5.56 Å². The average Bonchev–Trinajstić information content (AvgIpc) is 2.76. The van der Waals surface area contributed by atoms with E-state index in [4.69, 9.17) is 4.74 Å². The molecular weight excluding hydrogens is 374 g/mol. The van der Waals surface area contributed by atoms with Gasteiger partial charge in [-0.3, -0.25) is 4.79 Å². The maximum Gasteiger partial charge on any atom is 0.255 e. The van der Waals surface area contributed by atoms with Crippen LogP contribution < -0.4 is 10.1 Å². The number of nitrogens with one attached hydrogen (secondary N) is 1. The minimum Gasteiger partial charge on any atom is -0.506 e. The quantitative estimate of drug-likeness (QED) is 0.441. The van der Waals surface area contributed by atoms with Crippen LogP contribution in [-0.4, -0.2) is 24.2 Å². The van der Waals surface area contributed by atoms with Crippen LogP contribution in [0.25, 0.3) is 10.8 Å². The van der Waals surface area contributed by atoms with E-state index in [1.54, 1.807) is 6.07 Å². The first-order chi connectivity index (χ1) is 14.4. The summed E-state index contributed by atoms with van der Waals surface area (Å²) in [7, 11) is 0. The highest BCUT2D eigenvalue weighted by molar-refractivity contribution is 6.03. The third kappa shape index (κ3) is 5.12. The number of benzene rings is 3. The van der Waals surface area contributed by atoms with Gasteiger partial charge in [0.1, 0.15) is 11.5 Å². The fourth-order valence-corrected chi connectivity index (χ4v) is 3.36. The Morgan fingerprint density at radius 1 is 1.00 bits per heavy atom. The van der Waals surface area contributed by atoms with E-state index in [-0.39, 0.29) is 17.1 Å². The second-order valence-electron chi connectivity index (χ2n) is 8.26. The van der Waals surface area contributed by atoms with Gasteiger partial charge in [0.05, 0.1) is 12.2 Å². The summed E-state index contributed by atoms with van der Waals surface area (Å²) in [5.41, 5.74) is 1.80. The standard InChI is InChI=1S/C26H31NO3/c1-4-26(2,3)20-12-14-21(15-13-20)30-18-8-7-17-27-25(29)23-16-11-19-9-5-6-10-22(19)24(23)28/h5-6,9-16,28H,4,7-8,17-18H2,1-3H3,(H,27,29). The molecule has 4 heteroatoms. The molecular formula is C26H31NO3. The highest BCUT2D eigenvalue weighted by atomic mass is 16.5. The Hall–Kier alpha value is -3.01. The van der Waals surface area contributed by atoms with Crippen molar-refractivity contribution in [3.63, 3.8) is 0 Å².